The number of phenols is 1. The van der Waals surface area contributed by atoms with Gasteiger partial charge in [-0.2, -0.15) is 0 Å². The Morgan fingerprint density at radius 2 is 2.23 bits per heavy atom. The normalized spacial score (nSPS) is 11.4. The Morgan fingerprint density at radius 1 is 1.38 bits per heavy atom. The lowest BCUT2D eigenvalue weighted by molar-refractivity contribution is 0.480. The average molecular weight is 174 g/mol. The van der Waals surface area contributed by atoms with E-state index in [0.29, 0.717) is 0 Å². The fraction of sp³-hybridized carbons (Fsp3) is 0. The van der Waals surface area contributed by atoms with Gasteiger partial charge in [-0.15, -0.1) is 0 Å². The molecule has 0 aliphatic rings. The van der Waals surface area contributed by atoms with E-state index in [1.54, 1.807) is 18.2 Å². The second-order valence-electron chi connectivity index (χ2n) is 2.80. The van der Waals surface area contributed by atoms with Gasteiger partial charge in [0.25, 0.3) is 0 Å². The van der Waals surface area contributed by atoms with Crippen LogP contribution in [0.1, 0.15) is 5.56 Å². The molecule has 2 rings (SSSR count). The fourth-order valence-corrected chi connectivity index (χ4v) is 1.40. The van der Waals surface area contributed by atoms with Crippen molar-refractivity contribution < 1.29 is 5.11 Å². The standard InChI is InChI=1S/C10H10N2O/c11-5-4-7-6-12-10-8(7)2-1-3-9(10)13/h1-6,12-13H,11H2. The van der Waals surface area contributed by atoms with Crippen molar-refractivity contribution in [2.24, 2.45) is 5.73 Å². The highest BCUT2D eigenvalue weighted by atomic mass is 16.3. The highest BCUT2D eigenvalue weighted by Gasteiger charge is 2.03. The van der Waals surface area contributed by atoms with E-state index in [9.17, 15) is 5.11 Å². The first-order valence-electron chi connectivity index (χ1n) is 4.00. The van der Waals surface area contributed by atoms with Crippen LogP contribution in [0.25, 0.3) is 17.0 Å². The van der Waals surface area contributed by atoms with Gasteiger partial charge in [0, 0.05) is 17.1 Å². The quantitative estimate of drug-likeness (QED) is 0.617. The summed E-state index contributed by atoms with van der Waals surface area (Å²) in [6.07, 6.45) is 5.08. The zero-order valence-electron chi connectivity index (χ0n) is 6.99. The molecule has 0 radical (unpaired) electrons. The number of aromatic amines is 1. The molecular formula is C10H10N2O. The molecular weight excluding hydrogens is 164 g/mol. The number of nitrogens with one attached hydrogen (secondary N) is 1. The van der Waals surface area contributed by atoms with Crippen LogP contribution in [-0.2, 0) is 0 Å². The van der Waals surface area contributed by atoms with Crippen molar-refractivity contribution in [3.8, 4) is 5.75 Å². The third kappa shape index (κ3) is 1.14. The minimum Gasteiger partial charge on any atom is -0.506 e. The molecule has 0 bridgehead atoms. The number of rotatable bonds is 1. The molecule has 3 nitrogen and oxygen atoms in total. The molecule has 0 spiro atoms. The Balaban J connectivity index is 2.75. The summed E-state index contributed by atoms with van der Waals surface area (Å²) >= 11 is 0. The molecule has 66 valence electrons. The summed E-state index contributed by atoms with van der Waals surface area (Å²) in [5, 5.41) is 10.4. The van der Waals surface area contributed by atoms with Crippen LogP contribution >= 0.6 is 0 Å². The smallest absolute Gasteiger partial charge is 0.139 e. The van der Waals surface area contributed by atoms with Crippen molar-refractivity contribution >= 4 is 17.0 Å². The van der Waals surface area contributed by atoms with Crippen LogP contribution in [0.3, 0.4) is 0 Å². The molecule has 0 saturated carbocycles. The lowest BCUT2D eigenvalue weighted by atomic mass is 10.1. The Morgan fingerprint density at radius 3 is 3.00 bits per heavy atom. The van der Waals surface area contributed by atoms with Crippen molar-refractivity contribution in [1.82, 2.24) is 4.98 Å². The van der Waals surface area contributed by atoms with Crippen molar-refractivity contribution in [2.75, 3.05) is 0 Å². The van der Waals surface area contributed by atoms with Gasteiger partial charge in [0.05, 0.1) is 5.52 Å². The number of aromatic nitrogens is 1. The lowest BCUT2D eigenvalue weighted by Gasteiger charge is -1.93. The van der Waals surface area contributed by atoms with E-state index in [0.717, 1.165) is 16.5 Å². The number of fused-ring (bicyclic) bond motifs is 1. The molecule has 2 aromatic rings. The van der Waals surface area contributed by atoms with Gasteiger partial charge < -0.3 is 15.8 Å². The molecule has 0 aliphatic heterocycles. The van der Waals surface area contributed by atoms with Gasteiger partial charge in [-0.05, 0) is 18.3 Å². The molecule has 1 aromatic carbocycles. The number of aromatic hydroxyl groups is 1. The number of H-pyrrole nitrogens is 1. The first-order chi connectivity index (χ1) is 6.33. The number of benzene rings is 1. The Kier molecular flexibility index (Phi) is 1.70. The van der Waals surface area contributed by atoms with Crippen LogP contribution in [0.5, 0.6) is 5.75 Å². The van der Waals surface area contributed by atoms with Crippen LogP contribution in [0.15, 0.2) is 30.6 Å². The number of nitrogens with two attached hydrogens (primary N) is 1. The van der Waals surface area contributed by atoms with E-state index >= 15 is 0 Å². The zero-order valence-corrected chi connectivity index (χ0v) is 6.99. The van der Waals surface area contributed by atoms with Gasteiger partial charge in [-0.1, -0.05) is 12.1 Å². The summed E-state index contributed by atoms with van der Waals surface area (Å²) in [6.45, 7) is 0. The van der Waals surface area contributed by atoms with Crippen molar-refractivity contribution in [3.05, 3.63) is 36.2 Å². The molecule has 0 unspecified atom stereocenters. The van der Waals surface area contributed by atoms with Crippen LogP contribution in [0, 0.1) is 0 Å². The van der Waals surface area contributed by atoms with E-state index in [4.69, 9.17) is 5.73 Å². The zero-order chi connectivity index (χ0) is 9.26. The summed E-state index contributed by atoms with van der Waals surface area (Å²) in [7, 11) is 0. The van der Waals surface area contributed by atoms with Crippen molar-refractivity contribution in [2.45, 2.75) is 0 Å². The van der Waals surface area contributed by atoms with Crippen LogP contribution < -0.4 is 5.73 Å². The molecule has 13 heavy (non-hydrogen) atoms. The molecule has 0 amide bonds. The Bertz CT molecular complexity index is 457. The monoisotopic (exact) mass is 174 g/mol. The van der Waals surface area contributed by atoms with E-state index in [1.807, 2.05) is 12.3 Å². The van der Waals surface area contributed by atoms with E-state index in [2.05, 4.69) is 4.98 Å². The van der Waals surface area contributed by atoms with Gasteiger partial charge in [-0.25, -0.2) is 0 Å². The first-order valence-corrected chi connectivity index (χ1v) is 4.00. The number of hydrogen-bond donors (Lipinski definition) is 3. The predicted octanol–water partition coefficient (Wildman–Crippen LogP) is 1.80. The van der Waals surface area contributed by atoms with Crippen LogP contribution in [-0.4, -0.2) is 10.1 Å². The number of phenolic OH excluding ortho intramolecular Hbond substituents is 1. The van der Waals surface area contributed by atoms with E-state index in [-0.39, 0.29) is 5.75 Å². The topological polar surface area (TPSA) is 62.0 Å². The van der Waals surface area contributed by atoms with E-state index in [1.165, 1.54) is 6.20 Å². The Hall–Kier alpha value is -1.90. The maximum absolute atomic E-state index is 9.47. The predicted molar refractivity (Wildman–Crippen MR) is 53.2 cm³/mol. The van der Waals surface area contributed by atoms with Crippen molar-refractivity contribution in [1.29, 1.82) is 0 Å². The Labute approximate surface area is 75.5 Å². The van der Waals surface area contributed by atoms with Gasteiger partial charge in [-0.3, -0.25) is 0 Å². The summed E-state index contributed by atoms with van der Waals surface area (Å²) in [4.78, 5) is 2.98. The number of hydrogen-bond acceptors (Lipinski definition) is 2. The molecule has 1 heterocycles. The largest absolute Gasteiger partial charge is 0.506 e. The maximum Gasteiger partial charge on any atom is 0.139 e. The molecule has 1 aromatic heterocycles. The summed E-state index contributed by atoms with van der Waals surface area (Å²) < 4.78 is 0. The second kappa shape index (κ2) is 2.86. The second-order valence-corrected chi connectivity index (χ2v) is 2.80. The minimum absolute atomic E-state index is 0.258. The molecule has 0 atom stereocenters. The third-order valence-electron chi connectivity index (χ3n) is 2.00. The molecule has 3 heteroatoms. The van der Waals surface area contributed by atoms with Gasteiger partial charge >= 0.3 is 0 Å². The van der Waals surface area contributed by atoms with Gasteiger partial charge in [0.15, 0.2) is 0 Å². The summed E-state index contributed by atoms with van der Waals surface area (Å²) in [5.74, 6) is 0.258. The molecule has 4 N–H and O–H groups in total. The minimum atomic E-state index is 0.258. The summed E-state index contributed by atoms with van der Waals surface area (Å²) in [6, 6.07) is 5.38. The number of para-hydroxylation sites is 1. The average Bonchev–Trinajstić information content (AvgIpc) is 2.51. The van der Waals surface area contributed by atoms with Crippen molar-refractivity contribution in [3.63, 3.8) is 0 Å². The lowest BCUT2D eigenvalue weighted by Crippen LogP contribution is -1.75. The van der Waals surface area contributed by atoms with Gasteiger partial charge in [0.2, 0.25) is 0 Å². The first kappa shape index (κ1) is 7.73. The van der Waals surface area contributed by atoms with Crippen LogP contribution in [0.4, 0.5) is 0 Å². The highest BCUT2D eigenvalue weighted by Crippen LogP contribution is 2.26. The molecule has 0 aliphatic carbocycles. The molecule has 0 saturated heterocycles. The highest BCUT2D eigenvalue weighted by molar-refractivity contribution is 5.92. The molecule has 0 fully saturated rings. The van der Waals surface area contributed by atoms with Crippen LogP contribution in [0.2, 0.25) is 0 Å². The summed E-state index contributed by atoms with van der Waals surface area (Å²) in [5.41, 5.74) is 7.02. The third-order valence-corrected chi connectivity index (χ3v) is 2.00. The maximum atomic E-state index is 9.47. The van der Waals surface area contributed by atoms with Gasteiger partial charge in [0.1, 0.15) is 5.75 Å². The fourth-order valence-electron chi connectivity index (χ4n) is 1.40. The SMILES string of the molecule is NC=Cc1c[nH]c2c(O)cccc12. The van der Waals surface area contributed by atoms with E-state index < -0.39 is 0 Å².